The SMILES string of the molecule is OC(CNc1ccc2c(c1)OCCO2)COC1CCCC1. The number of rotatable bonds is 6. The molecule has 1 unspecified atom stereocenters. The third-order valence-electron chi connectivity index (χ3n) is 3.91. The molecule has 1 aromatic carbocycles. The molecule has 0 spiro atoms. The van der Waals surface area contributed by atoms with Crippen molar-refractivity contribution >= 4 is 5.69 Å². The van der Waals surface area contributed by atoms with E-state index >= 15 is 0 Å². The molecule has 0 aromatic heterocycles. The van der Waals surface area contributed by atoms with Crippen LogP contribution in [0.2, 0.25) is 0 Å². The summed E-state index contributed by atoms with van der Waals surface area (Å²) in [6.45, 7) is 2.03. The Labute approximate surface area is 125 Å². The van der Waals surface area contributed by atoms with Crippen LogP contribution in [0, 0.1) is 0 Å². The minimum Gasteiger partial charge on any atom is -0.486 e. The fourth-order valence-corrected chi connectivity index (χ4v) is 2.75. The highest BCUT2D eigenvalue weighted by atomic mass is 16.6. The largest absolute Gasteiger partial charge is 0.486 e. The van der Waals surface area contributed by atoms with Gasteiger partial charge in [0.1, 0.15) is 13.2 Å². The van der Waals surface area contributed by atoms with Gasteiger partial charge in [-0.2, -0.15) is 0 Å². The summed E-state index contributed by atoms with van der Waals surface area (Å²) in [6.07, 6.45) is 4.59. The molecule has 1 aliphatic heterocycles. The lowest BCUT2D eigenvalue weighted by Crippen LogP contribution is -2.27. The Balaban J connectivity index is 1.43. The predicted molar refractivity (Wildman–Crippen MR) is 80.1 cm³/mol. The smallest absolute Gasteiger partial charge is 0.163 e. The van der Waals surface area contributed by atoms with Gasteiger partial charge in [-0.15, -0.1) is 0 Å². The third kappa shape index (κ3) is 4.02. The Hall–Kier alpha value is -1.46. The topological polar surface area (TPSA) is 60.0 Å². The Morgan fingerprint density at radius 1 is 1.19 bits per heavy atom. The van der Waals surface area contributed by atoms with Crippen molar-refractivity contribution in [1.82, 2.24) is 0 Å². The lowest BCUT2D eigenvalue weighted by atomic mass is 10.2. The summed E-state index contributed by atoms with van der Waals surface area (Å²) in [4.78, 5) is 0. The first-order valence-corrected chi connectivity index (χ1v) is 7.74. The van der Waals surface area contributed by atoms with Crippen molar-refractivity contribution in [3.05, 3.63) is 18.2 Å². The number of hydrogen-bond donors (Lipinski definition) is 2. The monoisotopic (exact) mass is 293 g/mol. The van der Waals surface area contributed by atoms with Crippen LogP contribution in [0.1, 0.15) is 25.7 Å². The molecule has 0 amide bonds. The second kappa shape index (κ2) is 7.00. The van der Waals surface area contributed by atoms with Crippen molar-refractivity contribution in [3.8, 4) is 11.5 Å². The van der Waals surface area contributed by atoms with Crippen LogP contribution in [-0.2, 0) is 4.74 Å². The van der Waals surface area contributed by atoms with Gasteiger partial charge in [0.2, 0.25) is 0 Å². The zero-order valence-corrected chi connectivity index (χ0v) is 12.2. The van der Waals surface area contributed by atoms with E-state index in [1.807, 2.05) is 18.2 Å². The third-order valence-corrected chi connectivity index (χ3v) is 3.91. The maximum absolute atomic E-state index is 9.97. The van der Waals surface area contributed by atoms with Crippen LogP contribution in [0.25, 0.3) is 0 Å². The minimum atomic E-state index is -0.501. The molecule has 5 heteroatoms. The summed E-state index contributed by atoms with van der Waals surface area (Å²) < 4.78 is 16.7. The van der Waals surface area contributed by atoms with Crippen molar-refractivity contribution in [1.29, 1.82) is 0 Å². The molecule has 0 radical (unpaired) electrons. The van der Waals surface area contributed by atoms with E-state index in [1.165, 1.54) is 12.8 Å². The molecule has 1 saturated carbocycles. The summed E-state index contributed by atoms with van der Waals surface area (Å²) in [5, 5.41) is 13.2. The van der Waals surface area contributed by atoms with E-state index in [4.69, 9.17) is 14.2 Å². The summed E-state index contributed by atoms with van der Waals surface area (Å²) >= 11 is 0. The minimum absolute atomic E-state index is 0.342. The number of aliphatic hydroxyl groups is 1. The van der Waals surface area contributed by atoms with E-state index < -0.39 is 6.10 Å². The molecule has 0 bridgehead atoms. The number of nitrogens with one attached hydrogen (secondary N) is 1. The van der Waals surface area contributed by atoms with Gasteiger partial charge in [-0.3, -0.25) is 0 Å². The second-order valence-corrected chi connectivity index (χ2v) is 5.63. The van der Waals surface area contributed by atoms with Crippen LogP contribution < -0.4 is 14.8 Å². The molecule has 116 valence electrons. The normalized spacial score (nSPS) is 19.5. The molecular weight excluding hydrogens is 270 g/mol. The molecule has 2 aliphatic rings. The zero-order chi connectivity index (χ0) is 14.5. The molecular formula is C16H23NO4. The van der Waals surface area contributed by atoms with Crippen molar-refractivity contribution in [2.24, 2.45) is 0 Å². The predicted octanol–water partition coefficient (Wildman–Crippen LogP) is 2.19. The number of ether oxygens (including phenoxy) is 3. The number of hydrogen-bond acceptors (Lipinski definition) is 5. The second-order valence-electron chi connectivity index (χ2n) is 5.63. The van der Waals surface area contributed by atoms with E-state index in [0.29, 0.717) is 32.5 Å². The first-order chi connectivity index (χ1) is 10.3. The van der Waals surface area contributed by atoms with Crippen molar-refractivity contribution in [3.63, 3.8) is 0 Å². The fraction of sp³-hybridized carbons (Fsp3) is 0.625. The molecule has 1 heterocycles. The fourth-order valence-electron chi connectivity index (χ4n) is 2.75. The van der Waals surface area contributed by atoms with Crippen LogP contribution in [0.4, 0.5) is 5.69 Å². The molecule has 2 N–H and O–H groups in total. The van der Waals surface area contributed by atoms with E-state index in [2.05, 4.69) is 5.32 Å². The van der Waals surface area contributed by atoms with Crippen LogP contribution in [0.3, 0.4) is 0 Å². The Morgan fingerprint density at radius 2 is 1.95 bits per heavy atom. The first kappa shape index (κ1) is 14.5. The van der Waals surface area contributed by atoms with E-state index in [1.54, 1.807) is 0 Å². The summed E-state index contributed by atoms with van der Waals surface area (Å²) in [6, 6.07) is 5.72. The lowest BCUT2D eigenvalue weighted by molar-refractivity contribution is -0.00117. The molecule has 0 saturated heterocycles. The maximum atomic E-state index is 9.97. The quantitative estimate of drug-likeness (QED) is 0.842. The van der Waals surface area contributed by atoms with Crippen LogP contribution in [0.5, 0.6) is 11.5 Å². The first-order valence-electron chi connectivity index (χ1n) is 7.74. The van der Waals surface area contributed by atoms with Gasteiger partial charge in [0.25, 0.3) is 0 Å². The molecule has 5 nitrogen and oxygen atoms in total. The number of benzene rings is 1. The van der Waals surface area contributed by atoms with Gasteiger partial charge < -0.3 is 24.6 Å². The van der Waals surface area contributed by atoms with Crippen LogP contribution >= 0.6 is 0 Å². The van der Waals surface area contributed by atoms with Gasteiger partial charge in [0.05, 0.1) is 18.8 Å². The standard InChI is InChI=1S/C16H23NO4/c18-13(11-21-14-3-1-2-4-14)10-17-12-5-6-15-16(9-12)20-8-7-19-15/h5-6,9,13-14,17-18H,1-4,7-8,10-11H2. The average molecular weight is 293 g/mol. The van der Waals surface area contributed by atoms with E-state index in [9.17, 15) is 5.11 Å². The van der Waals surface area contributed by atoms with E-state index in [0.717, 1.165) is 30.0 Å². The van der Waals surface area contributed by atoms with Gasteiger partial charge in [-0.05, 0) is 25.0 Å². The molecule has 1 aliphatic carbocycles. The Bertz CT molecular complexity index is 460. The summed E-state index contributed by atoms with van der Waals surface area (Å²) in [5.74, 6) is 1.53. The highest BCUT2D eigenvalue weighted by Gasteiger charge is 2.17. The Kier molecular flexibility index (Phi) is 4.83. The van der Waals surface area contributed by atoms with Gasteiger partial charge in [-0.1, -0.05) is 12.8 Å². The summed E-state index contributed by atoms with van der Waals surface area (Å²) in [5.41, 5.74) is 0.916. The van der Waals surface area contributed by atoms with Gasteiger partial charge in [0, 0.05) is 18.3 Å². The van der Waals surface area contributed by atoms with Gasteiger partial charge in [0.15, 0.2) is 11.5 Å². The number of aliphatic hydroxyl groups excluding tert-OH is 1. The molecule has 3 rings (SSSR count). The lowest BCUT2D eigenvalue weighted by Gasteiger charge is -2.20. The average Bonchev–Trinajstić information content (AvgIpc) is 3.04. The molecule has 1 aromatic rings. The maximum Gasteiger partial charge on any atom is 0.163 e. The van der Waals surface area contributed by atoms with Crippen molar-refractivity contribution in [2.45, 2.75) is 37.9 Å². The van der Waals surface area contributed by atoms with Crippen molar-refractivity contribution < 1.29 is 19.3 Å². The molecule has 1 fully saturated rings. The Morgan fingerprint density at radius 3 is 2.76 bits per heavy atom. The van der Waals surface area contributed by atoms with Crippen molar-refractivity contribution in [2.75, 3.05) is 31.7 Å². The van der Waals surface area contributed by atoms with Gasteiger partial charge in [-0.25, -0.2) is 0 Å². The van der Waals surface area contributed by atoms with E-state index in [-0.39, 0.29) is 0 Å². The highest BCUT2D eigenvalue weighted by Crippen LogP contribution is 2.32. The molecule has 1 atom stereocenters. The van der Waals surface area contributed by atoms with Gasteiger partial charge >= 0.3 is 0 Å². The molecule has 21 heavy (non-hydrogen) atoms. The zero-order valence-electron chi connectivity index (χ0n) is 12.2. The van der Waals surface area contributed by atoms with Crippen LogP contribution in [0.15, 0.2) is 18.2 Å². The number of fused-ring (bicyclic) bond motifs is 1. The number of anilines is 1. The van der Waals surface area contributed by atoms with Crippen LogP contribution in [-0.4, -0.2) is 43.7 Å². The highest BCUT2D eigenvalue weighted by molar-refractivity contribution is 5.55. The summed E-state index contributed by atoms with van der Waals surface area (Å²) in [7, 11) is 0.